The number of anilines is 2. The van der Waals surface area contributed by atoms with E-state index in [9.17, 15) is 41.8 Å². The number of aldehydes is 1. The van der Waals surface area contributed by atoms with Gasteiger partial charge in [-0.05, 0) is 42.0 Å². The number of nitrogens with one attached hydrogen (secondary N) is 3. The van der Waals surface area contributed by atoms with Crippen LogP contribution in [0.2, 0.25) is 0 Å². The number of benzene rings is 2. The summed E-state index contributed by atoms with van der Waals surface area (Å²) in [5, 5.41) is 25.2. The van der Waals surface area contributed by atoms with E-state index in [0.717, 1.165) is 34.9 Å². The second kappa shape index (κ2) is 10.3. The highest BCUT2D eigenvalue weighted by atomic mass is 19.4. The molecule has 1 atom stereocenters. The van der Waals surface area contributed by atoms with Crippen LogP contribution in [0.5, 0.6) is 0 Å². The lowest BCUT2D eigenvalue weighted by Gasteiger charge is -2.24. The number of carbonyl (C=O) groups excluding carboxylic acids is 2. The number of hydrogen-bond acceptors (Lipinski definition) is 6. The van der Waals surface area contributed by atoms with Gasteiger partial charge in [-0.1, -0.05) is 0 Å². The molecule has 0 radical (unpaired) electrons. The molecule has 0 saturated heterocycles. The molecule has 11 nitrogen and oxygen atoms in total. The topological polar surface area (TPSA) is 162 Å². The van der Waals surface area contributed by atoms with Gasteiger partial charge in [0.15, 0.2) is 5.71 Å². The van der Waals surface area contributed by atoms with Crippen molar-refractivity contribution >= 4 is 47.0 Å². The van der Waals surface area contributed by atoms with Crippen molar-refractivity contribution in [2.75, 3.05) is 10.6 Å². The quantitative estimate of drug-likeness (QED) is 0.222. The Morgan fingerprint density at radius 3 is 2.46 bits per heavy atom. The van der Waals surface area contributed by atoms with Crippen molar-refractivity contribution in [1.82, 2.24) is 9.88 Å². The van der Waals surface area contributed by atoms with Gasteiger partial charge in [0.1, 0.15) is 18.1 Å². The summed E-state index contributed by atoms with van der Waals surface area (Å²) < 4.78 is 56.8. The Morgan fingerprint density at radius 1 is 1.10 bits per heavy atom. The van der Waals surface area contributed by atoms with Crippen LogP contribution < -0.4 is 16.0 Å². The summed E-state index contributed by atoms with van der Waals surface area (Å²) in [7, 11) is 0. The van der Waals surface area contributed by atoms with E-state index in [1.807, 2.05) is 0 Å². The van der Waals surface area contributed by atoms with Crippen molar-refractivity contribution in [2.24, 2.45) is 4.99 Å². The van der Waals surface area contributed by atoms with Crippen molar-refractivity contribution in [3.63, 3.8) is 0 Å². The number of carboxylic acid groups (broad SMARTS) is 2. The Bertz CT molecular complexity index is 1530. The molecule has 202 valence electrons. The van der Waals surface area contributed by atoms with Gasteiger partial charge in [0.25, 0.3) is 0 Å². The van der Waals surface area contributed by atoms with E-state index in [-0.39, 0.29) is 35.5 Å². The molecule has 5 N–H and O–H groups in total. The van der Waals surface area contributed by atoms with Crippen LogP contribution in [-0.2, 0) is 22.3 Å². The van der Waals surface area contributed by atoms with Gasteiger partial charge < -0.3 is 35.5 Å². The predicted octanol–water partition coefficient (Wildman–Crippen LogP) is 3.81. The number of hydrogen-bond donors (Lipinski definition) is 5. The average Bonchev–Trinajstić information content (AvgIpc) is 3.35. The third kappa shape index (κ3) is 5.71. The Labute approximate surface area is 215 Å². The molecular formula is C24H17F4N5O6. The molecule has 1 unspecified atom stereocenters. The Kier molecular flexibility index (Phi) is 7.07. The highest BCUT2D eigenvalue weighted by molar-refractivity contribution is 6.42. The highest BCUT2D eigenvalue weighted by Gasteiger charge is 2.37. The molecule has 1 aliphatic rings. The SMILES string of the molecule is O=CC1Nc2cc(C(F)(F)F)c(-n3ccc(CNC(=O)Nc4ccc(C(=O)O)cc4F)c3)cc2N=C1C(=O)O. The molecule has 0 saturated carbocycles. The number of urea groups is 1. The van der Waals surface area contributed by atoms with Crippen LogP contribution in [0.15, 0.2) is 53.8 Å². The minimum atomic E-state index is -4.83. The van der Waals surface area contributed by atoms with Gasteiger partial charge in [0.05, 0.1) is 33.9 Å². The molecule has 0 spiro atoms. The number of aliphatic imine (C=N–C) groups is 1. The van der Waals surface area contributed by atoms with Crippen LogP contribution in [0.25, 0.3) is 5.69 Å². The third-order valence-corrected chi connectivity index (χ3v) is 5.57. The first-order chi connectivity index (χ1) is 18.4. The van der Waals surface area contributed by atoms with E-state index in [1.54, 1.807) is 0 Å². The molecule has 0 aliphatic carbocycles. The van der Waals surface area contributed by atoms with Gasteiger partial charge in [-0.3, -0.25) is 0 Å². The number of alkyl halides is 3. The summed E-state index contributed by atoms with van der Waals surface area (Å²) in [6.07, 6.45) is -2.05. The number of aliphatic carboxylic acids is 1. The third-order valence-electron chi connectivity index (χ3n) is 5.57. The maximum absolute atomic E-state index is 14.0. The summed E-state index contributed by atoms with van der Waals surface area (Å²) in [6, 6.07) is 3.74. The van der Waals surface area contributed by atoms with E-state index in [1.165, 1.54) is 18.5 Å². The number of aromatic carboxylic acids is 1. The van der Waals surface area contributed by atoms with Crippen molar-refractivity contribution < 1.29 is 47.0 Å². The number of rotatable bonds is 7. The Hall–Kier alpha value is -5.21. The van der Waals surface area contributed by atoms with E-state index in [2.05, 4.69) is 20.9 Å². The molecule has 1 aromatic heterocycles. The van der Waals surface area contributed by atoms with Crippen LogP contribution >= 0.6 is 0 Å². The summed E-state index contributed by atoms with van der Waals surface area (Å²) in [6.45, 7) is -0.177. The lowest BCUT2D eigenvalue weighted by molar-refractivity contribution is -0.137. The van der Waals surface area contributed by atoms with Gasteiger partial charge in [-0.25, -0.2) is 23.8 Å². The highest BCUT2D eigenvalue weighted by Crippen LogP contribution is 2.41. The minimum absolute atomic E-state index is 0.128. The maximum atomic E-state index is 14.0. The van der Waals surface area contributed by atoms with Crippen LogP contribution in [0.1, 0.15) is 21.5 Å². The fraction of sp³-hybridized carbons (Fsp3) is 0.125. The maximum Gasteiger partial charge on any atom is 0.418 e. The summed E-state index contributed by atoms with van der Waals surface area (Å²) in [5.41, 5.74) is -2.63. The molecule has 2 aromatic carbocycles. The van der Waals surface area contributed by atoms with Crippen molar-refractivity contribution in [3.8, 4) is 5.69 Å². The lowest BCUT2D eigenvalue weighted by Crippen LogP contribution is -2.38. The first kappa shape index (κ1) is 26.8. The van der Waals surface area contributed by atoms with E-state index in [4.69, 9.17) is 5.11 Å². The zero-order valence-electron chi connectivity index (χ0n) is 19.4. The first-order valence-corrected chi connectivity index (χ1v) is 10.9. The van der Waals surface area contributed by atoms with Crippen LogP contribution in [0.4, 0.5) is 39.4 Å². The molecule has 39 heavy (non-hydrogen) atoms. The van der Waals surface area contributed by atoms with Crippen LogP contribution in [-0.4, -0.2) is 50.8 Å². The summed E-state index contributed by atoms with van der Waals surface area (Å²) in [4.78, 5) is 49.5. The standard InChI is InChI=1S/C24H17F4N5O6/c25-14-5-12(21(35)36)1-2-15(14)32-23(39)29-8-11-3-4-33(9-11)19-7-17-16(6-13(19)24(26,27)28)30-18(10-34)20(31-17)22(37)38/h1-7,9-10,18,30H,8H2,(H,35,36)(H,37,38)(H2,29,32,39). The fourth-order valence-corrected chi connectivity index (χ4v) is 3.73. The average molecular weight is 547 g/mol. The molecule has 0 bridgehead atoms. The molecule has 2 heterocycles. The van der Waals surface area contributed by atoms with Gasteiger partial charge in [0.2, 0.25) is 0 Å². The van der Waals surface area contributed by atoms with E-state index >= 15 is 0 Å². The number of carbonyl (C=O) groups is 4. The van der Waals surface area contributed by atoms with Gasteiger partial charge in [-0.2, -0.15) is 13.2 Å². The Morgan fingerprint density at radius 2 is 1.85 bits per heavy atom. The molecule has 1 aliphatic heterocycles. The van der Waals surface area contributed by atoms with Crippen LogP contribution in [0.3, 0.4) is 0 Å². The second-order valence-electron chi connectivity index (χ2n) is 8.18. The number of amides is 2. The van der Waals surface area contributed by atoms with Crippen molar-refractivity contribution in [3.05, 3.63) is 71.3 Å². The first-order valence-electron chi connectivity index (χ1n) is 10.9. The van der Waals surface area contributed by atoms with Gasteiger partial charge in [0, 0.05) is 18.9 Å². The summed E-state index contributed by atoms with van der Waals surface area (Å²) >= 11 is 0. The number of carboxylic acids is 2. The molecular weight excluding hydrogens is 530 g/mol. The molecule has 15 heteroatoms. The molecule has 4 rings (SSSR count). The fourth-order valence-electron chi connectivity index (χ4n) is 3.73. The van der Waals surface area contributed by atoms with Crippen molar-refractivity contribution in [1.29, 1.82) is 0 Å². The van der Waals surface area contributed by atoms with Crippen LogP contribution in [0, 0.1) is 5.82 Å². The van der Waals surface area contributed by atoms with Gasteiger partial charge >= 0.3 is 24.1 Å². The van der Waals surface area contributed by atoms with E-state index in [0.29, 0.717) is 5.56 Å². The normalized spacial score (nSPS) is 14.5. The lowest BCUT2D eigenvalue weighted by atomic mass is 10.0. The van der Waals surface area contributed by atoms with Gasteiger partial charge in [-0.15, -0.1) is 0 Å². The predicted molar refractivity (Wildman–Crippen MR) is 128 cm³/mol. The second-order valence-corrected chi connectivity index (χ2v) is 8.18. The number of aromatic nitrogens is 1. The minimum Gasteiger partial charge on any atom is -0.478 e. The van der Waals surface area contributed by atoms with Crippen molar-refractivity contribution in [2.45, 2.75) is 18.8 Å². The zero-order chi connectivity index (χ0) is 28.5. The number of fused-ring (bicyclic) bond motifs is 1. The molecule has 2 amide bonds. The summed E-state index contributed by atoms with van der Waals surface area (Å²) in [5.74, 6) is -3.85. The number of nitrogens with zero attached hydrogens (tertiary/aromatic N) is 2. The van der Waals surface area contributed by atoms with E-state index < -0.39 is 53.0 Å². The number of halogens is 4. The largest absolute Gasteiger partial charge is 0.478 e. The Balaban J connectivity index is 1.55. The zero-order valence-corrected chi connectivity index (χ0v) is 19.4. The molecule has 3 aromatic rings. The monoisotopic (exact) mass is 547 g/mol. The molecule has 0 fully saturated rings. The smallest absolute Gasteiger partial charge is 0.418 e.